The molecule has 0 saturated heterocycles. The lowest BCUT2D eigenvalue weighted by Crippen LogP contribution is -2.27. The largest absolute Gasteiger partial charge is 0.328 e. The third-order valence-electron chi connectivity index (χ3n) is 3.92. The third-order valence-corrected chi connectivity index (χ3v) is 3.92. The summed E-state index contributed by atoms with van der Waals surface area (Å²) < 4.78 is 15.5. The first kappa shape index (κ1) is 12.4. The van der Waals surface area contributed by atoms with Crippen LogP contribution in [0.4, 0.5) is 4.39 Å². The summed E-state index contributed by atoms with van der Waals surface area (Å²) in [7, 11) is 0. The SMILES string of the molecule is NC1CCC(n2cncc2-c2cccc(F)c2)CC1. The molecule has 1 fully saturated rings. The first-order valence-corrected chi connectivity index (χ1v) is 6.77. The molecule has 4 heteroatoms. The van der Waals surface area contributed by atoms with Crippen molar-refractivity contribution < 1.29 is 4.39 Å². The van der Waals surface area contributed by atoms with Crippen molar-refractivity contribution in [3.05, 3.63) is 42.6 Å². The number of rotatable bonds is 2. The number of halogens is 1. The molecule has 3 rings (SSSR count). The molecule has 2 aromatic rings. The molecule has 1 aliphatic rings. The predicted molar refractivity (Wildman–Crippen MR) is 73.1 cm³/mol. The average molecular weight is 259 g/mol. The lowest BCUT2D eigenvalue weighted by Gasteiger charge is -2.28. The van der Waals surface area contributed by atoms with E-state index in [1.807, 2.05) is 18.6 Å². The van der Waals surface area contributed by atoms with Gasteiger partial charge in [-0.05, 0) is 37.8 Å². The molecule has 1 aliphatic carbocycles. The summed E-state index contributed by atoms with van der Waals surface area (Å²) in [6.45, 7) is 0. The monoisotopic (exact) mass is 259 g/mol. The molecule has 3 nitrogen and oxygen atoms in total. The smallest absolute Gasteiger partial charge is 0.123 e. The van der Waals surface area contributed by atoms with Gasteiger partial charge in [0, 0.05) is 17.6 Å². The molecule has 1 saturated carbocycles. The minimum absolute atomic E-state index is 0.212. The summed E-state index contributed by atoms with van der Waals surface area (Å²) >= 11 is 0. The zero-order chi connectivity index (χ0) is 13.2. The van der Waals surface area contributed by atoms with E-state index in [-0.39, 0.29) is 5.82 Å². The summed E-state index contributed by atoms with van der Waals surface area (Å²) in [5.41, 5.74) is 7.81. The van der Waals surface area contributed by atoms with E-state index in [0.29, 0.717) is 12.1 Å². The molecule has 1 aromatic heterocycles. The average Bonchev–Trinajstić information content (AvgIpc) is 2.89. The van der Waals surface area contributed by atoms with E-state index in [0.717, 1.165) is 36.9 Å². The van der Waals surface area contributed by atoms with Crippen molar-refractivity contribution in [3.8, 4) is 11.3 Å². The van der Waals surface area contributed by atoms with Gasteiger partial charge in [0.1, 0.15) is 5.82 Å². The number of nitrogens with two attached hydrogens (primary N) is 1. The molecule has 0 aliphatic heterocycles. The van der Waals surface area contributed by atoms with E-state index < -0.39 is 0 Å². The highest BCUT2D eigenvalue weighted by Crippen LogP contribution is 2.32. The van der Waals surface area contributed by atoms with E-state index in [1.54, 1.807) is 12.1 Å². The Kier molecular flexibility index (Phi) is 3.34. The van der Waals surface area contributed by atoms with Gasteiger partial charge in [0.15, 0.2) is 0 Å². The molecule has 19 heavy (non-hydrogen) atoms. The zero-order valence-corrected chi connectivity index (χ0v) is 10.8. The van der Waals surface area contributed by atoms with Crippen LogP contribution in [0.25, 0.3) is 11.3 Å². The summed E-state index contributed by atoms with van der Waals surface area (Å²) in [6, 6.07) is 7.44. The molecule has 100 valence electrons. The molecule has 0 bridgehead atoms. The fourth-order valence-corrected chi connectivity index (χ4v) is 2.85. The van der Waals surface area contributed by atoms with Gasteiger partial charge >= 0.3 is 0 Å². The summed E-state index contributed by atoms with van der Waals surface area (Å²) in [5, 5.41) is 0. The molecule has 0 unspecified atom stereocenters. The fraction of sp³-hybridized carbons (Fsp3) is 0.400. The van der Waals surface area contributed by atoms with Crippen LogP contribution < -0.4 is 5.73 Å². The van der Waals surface area contributed by atoms with E-state index in [1.165, 1.54) is 6.07 Å². The maximum atomic E-state index is 13.3. The quantitative estimate of drug-likeness (QED) is 0.900. The van der Waals surface area contributed by atoms with Gasteiger partial charge in [-0.1, -0.05) is 12.1 Å². The van der Waals surface area contributed by atoms with Crippen molar-refractivity contribution in [3.63, 3.8) is 0 Å². The second-order valence-corrected chi connectivity index (χ2v) is 5.27. The highest BCUT2D eigenvalue weighted by atomic mass is 19.1. The Bertz CT molecular complexity index is 556. The van der Waals surface area contributed by atoms with Crippen LogP contribution in [0.15, 0.2) is 36.8 Å². The standard InChI is InChI=1S/C15H18FN3/c16-12-3-1-2-11(8-12)15-9-18-10-19(15)14-6-4-13(17)5-7-14/h1-3,8-10,13-14H,4-7,17H2. The van der Waals surface area contributed by atoms with Gasteiger partial charge in [-0.2, -0.15) is 0 Å². The number of imidazole rings is 1. The van der Waals surface area contributed by atoms with Gasteiger partial charge in [0.25, 0.3) is 0 Å². The minimum atomic E-state index is -0.212. The van der Waals surface area contributed by atoms with E-state index >= 15 is 0 Å². The fourth-order valence-electron chi connectivity index (χ4n) is 2.85. The van der Waals surface area contributed by atoms with Crippen molar-refractivity contribution in [2.45, 2.75) is 37.8 Å². The van der Waals surface area contributed by atoms with Crippen molar-refractivity contribution >= 4 is 0 Å². The van der Waals surface area contributed by atoms with Crippen LogP contribution in [0.3, 0.4) is 0 Å². The second-order valence-electron chi connectivity index (χ2n) is 5.27. The van der Waals surface area contributed by atoms with Gasteiger partial charge in [0.2, 0.25) is 0 Å². The van der Waals surface area contributed by atoms with Crippen LogP contribution in [0.5, 0.6) is 0 Å². The van der Waals surface area contributed by atoms with Crippen molar-refractivity contribution in [2.75, 3.05) is 0 Å². The Morgan fingerprint density at radius 2 is 2.00 bits per heavy atom. The highest BCUT2D eigenvalue weighted by molar-refractivity contribution is 5.59. The van der Waals surface area contributed by atoms with Crippen LogP contribution in [-0.4, -0.2) is 15.6 Å². The van der Waals surface area contributed by atoms with E-state index in [4.69, 9.17) is 5.73 Å². The maximum Gasteiger partial charge on any atom is 0.123 e. The lowest BCUT2D eigenvalue weighted by molar-refractivity contribution is 0.325. The Balaban J connectivity index is 1.90. The first-order valence-electron chi connectivity index (χ1n) is 6.77. The minimum Gasteiger partial charge on any atom is -0.328 e. The van der Waals surface area contributed by atoms with Crippen molar-refractivity contribution in [2.24, 2.45) is 5.73 Å². The Hall–Kier alpha value is -1.68. The Labute approximate surface area is 112 Å². The van der Waals surface area contributed by atoms with Gasteiger partial charge in [-0.25, -0.2) is 9.37 Å². The maximum absolute atomic E-state index is 13.3. The summed E-state index contributed by atoms with van der Waals surface area (Å²) in [4.78, 5) is 4.23. The summed E-state index contributed by atoms with van der Waals surface area (Å²) in [5.74, 6) is -0.212. The van der Waals surface area contributed by atoms with Gasteiger partial charge in [0.05, 0.1) is 18.2 Å². The molecule has 0 spiro atoms. The van der Waals surface area contributed by atoms with E-state index in [2.05, 4.69) is 9.55 Å². The van der Waals surface area contributed by atoms with Gasteiger partial charge in [-0.3, -0.25) is 0 Å². The number of hydrogen-bond donors (Lipinski definition) is 1. The number of aromatic nitrogens is 2. The van der Waals surface area contributed by atoms with Crippen molar-refractivity contribution in [1.82, 2.24) is 9.55 Å². The van der Waals surface area contributed by atoms with Crippen LogP contribution in [0.1, 0.15) is 31.7 Å². The molecule has 0 atom stereocenters. The van der Waals surface area contributed by atoms with Crippen LogP contribution >= 0.6 is 0 Å². The second kappa shape index (κ2) is 5.13. The van der Waals surface area contributed by atoms with Gasteiger partial charge < -0.3 is 10.3 Å². The topological polar surface area (TPSA) is 43.8 Å². The molecule has 0 amide bonds. The van der Waals surface area contributed by atoms with Crippen LogP contribution in [-0.2, 0) is 0 Å². The lowest BCUT2D eigenvalue weighted by atomic mass is 9.91. The molecular weight excluding hydrogens is 241 g/mol. The molecule has 1 aromatic carbocycles. The number of benzene rings is 1. The molecular formula is C15H18FN3. The van der Waals surface area contributed by atoms with Crippen molar-refractivity contribution in [1.29, 1.82) is 0 Å². The zero-order valence-electron chi connectivity index (χ0n) is 10.8. The Morgan fingerprint density at radius 3 is 2.74 bits per heavy atom. The van der Waals surface area contributed by atoms with E-state index in [9.17, 15) is 4.39 Å². The third kappa shape index (κ3) is 2.54. The van der Waals surface area contributed by atoms with Gasteiger partial charge in [-0.15, -0.1) is 0 Å². The molecule has 0 radical (unpaired) electrons. The number of hydrogen-bond acceptors (Lipinski definition) is 2. The number of nitrogens with zero attached hydrogens (tertiary/aromatic N) is 2. The Morgan fingerprint density at radius 1 is 1.21 bits per heavy atom. The predicted octanol–water partition coefficient (Wildman–Crippen LogP) is 3.13. The van der Waals surface area contributed by atoms with Crippen LogP contribution in [0, 0.1) is 5.82 Å². The van der Waals surface area contributed by atoms with Crippen LogP contribution in [0.2, 0.25) is 0 Å². The normalized spacial score (nSPS) is 23.5. The molecule has 2 N–H and O–H groups in total. The molecule has 1 heterocycles. The highest BCUT2D eigenvalue weighted by Gasteiger charge is 2.21. The summed E-state index contributed by atoms with van der Waals surface area (Å²) in [6.07, 6.45) is 7.89. The first-order chi connectivity index (χ1) is 9.24.